The number of hydrogen-bond acceptors (Lipinski definition) is 3. The molecule has 2 N–H and O–H groups in total. The van der Waals surface area contributed by atoms with E-state index in [0.29, 0.717) is 5.56 Å². The molecule has 1 aromatic rings. The van der Waals surface area contributed by atoms with Gasteiger partial charge in [-0.25, -0.2) is 0 Å². The summed E-state index contributed by atoms with van der Waals surface area (Å²) in [6.07, 6.45) is 0. The summed E-state index contributed by atoms with van der Waals surface area (Å²) in [6.45, 7) is 2.88. The molecule has 112 valence electrons. The first-order chi connectivity index (χ1) is 9.40. The predicted octanol–water partition coefficient (Wildman–Crippen LogP) is 2.46. The van der Waals surface area contributed by atoms with Crippen molar-refractivity contribution in [3.63, 3.8) is 0 Å². The van der Waals surface area contributed by atoms with E-state index in [9.17, 15) is 13.6 Å². The van der Waals surface area contributed by atoms with Gasteiger partial charge >= 0.3 is 6.61 Å². The van der Waals surface area contributed by atoms with Gasteiger partial charge in [0.05, 0.1) is 12.6 Å². The second-order valence-corrected chi connectivity index (χ2v) is 4.74. The van der Waals surface area contributed by atoms with Crippen molar-refractivity contribution in [1.29, 1.82) is 0 Å². The van der Waals surface area contributed by atoms with E-state index in [2.05, 4.69) is 15.4 Å². The normalized spacial score (nSPS) is 12.6. The van der Waals surface area contributed by atoms with Crippen LogP contribution in [0.1, 0.15) is 32.4 Å². The molecule has 1 aromatic carbocycles. The molecule has 0 bridgehead atoms. The van der Waals surface area contributed by atoms with Gasteiger partial charge < -0.3 is 15.4 Å². The third-order valence-corrected chi connectivity index (χ3v) is 2.65. The molecule has 1 unspecified atom stereocenters. The lowest BCUT2D eigenvalue weighted by Crippen LogP contribution is -2.38. The standard InChI is InChI=1S/C14H20F2N2O2/c1-9(2)17-8-13(19)18-10(3)11-6-4-5-7-12(11)20-14(15)16/h4-7,9-10,14,17H,8H2,1-3H3,(H,18,19). The van der Waals surface area contributed by atoms with Crippen molar-refractivity contribution in [2.45, 2.75) is 39.5 Å². The molecule has 1 amide bonds. The van der Waals surface area contributed by atoms with Crippen molar-refractivity contribution >= 4 is 5.91 Å². The second-order valence-electron chi connectivity index (χ2n) is 4.74. The second kappa shape index (κ2) is 7.79. The number of alkyl halides is 2. The molecule has 6 heteroatoms. The molecule has 0 fully saturated rings. The first-order valence-corrected chi connectivity index (χ1v) is 6.46. The third kappa shape index (κ3) is 5.52. The van der Waals surface area contributed by atoms with Crippen molar-refractivity contribution in [2.75, 3.05) is 6.54 Å². The van der Waals surface area contributed by atoms with Gasteiger partial charge in [-0.2, -0.15) is 8.78 Å². The highest BCUT2D eigenvalue weighted by Gasteiger charge is 2.16. The van der Waals surface area contributed by atoms with Gasteiger partial charge in [0, 0.05) is 11.6 Å². The van der Waals surface area contributed by atoms with Crippen molar-refractivity contribution in [2.24, 2.45) is 0 Å². The van der Waals surface area contributed by atoms with E-state index in [1.165, 1.54) is 6.07 Å². The Labute approximate surface area is 117 Å². The maximum absolute atomic E-state index is 12.3. The molecular formula is C14H20F2N2O2. The molecule has 0 heterocycles. The first-order valence-electron chi connectivity index (χ1n) is 6.46. The number of rotatable bonds is 7. The van der Waals surface area contributed by atoms with E-state index in [1.807, 2.05) is 13.8 Å². The highest BCUT2D eigenvalue weighted by atomic mass is 19.3. The first kappa shape index (κ1) is 16.4. The Hall–Kier alpha value is -1.69. The van der Waals surface area contributed by atoms with Crippen molar-refractivity contribution in [3.8, 4) is 5.75 Å². The highest BCUT2D eigenvalue weighted by molar-refractivity contribution is 5.78. The van der Waals surface area contributed by atoms with Crippen LogP contribution in [-0.2, 0) is 4.79 Å². The van der Waals surface area contributed by atoms with Gasteiger partial charge in [-0.3, -0.25) is 4.79 Å². The summed E-state index contributed by atoms with van der Waals surface area (Å²) in [5, 5.41) is 5.72. The number of benzene rings is 1. The Morgan fingerprint density at radius 3 is 2.50 bits per heavy atom. The summed E-state index contributed by atoms with van der Waals surface area (Å²) in [5.74, 6) is -0.120. The van der Waals surface area contributed by atoms with Crippen LogP contribution in [0, 0.1) is 0 Å². The van der Waals surface area contributed by atoms with Crippen molar-refractivity contribution < 1.29 is 18.3 Å². The van der Waals surface area contributed by atoms with E-state index >= 15 is 0 Å². The number of hydrogen-bond donors (Lipinski definition) is 2. The Kier molecular flexibility index (Phi) is 6.38. The summed E-state index contributed by atoms with van der Waals surface area (Å²) in [4.78, 5) is 11.7. The molecule has 0 radical (unpaired) electrons. The lowest BCUT2D eigenvalue weighted by atomic mass is 10.1. The molecule has 0 aromatic heterocycles. The van der Waals surface area contributed by atoms with E-state index in [1.54, 1.807) is 25.1 Å². The van der Waals surface area contributed by atoms with Crippen LogP contribution >= 0.6 is 0 Å². The van der Waals surface area contributed by atoms with Gasteiger partial charge in [-0.1, -0.05) is 32.0 Å². The van der Waals surface area contributed by atoms with E-state index in [0.717, 1.165) is 0 Å². The van der Waals surface area contributed by atoms with E-state index in [4.69, 9.17) is 0 Å². The zero-order valence-electron chi connectivity index (χ0n) is 11.8. The number of amides is 1. The summed E-state index contributed by atoms with van der Waals surface area (Å²) in [7, 11) is 0. The lowest BCUT2D eigenvalue weighted by molar-refractivity contribution is -0.121. The monoisotopic (exact) mass is 286 g/mol. The number of carbonyl (C=O) groups excluding carboxylic acids is 1. The van der Waals surface area contributed by atoms with Crippen LogP contribution in [0.3, 0.4) is 0 Å². The molecule has 0 saturated carbocycles. The average Bonchev–Trinajstić information content (AvgIpc) is 2.36. The fourth-order valence-electron chi connectivity index (χ4n) is 1.71. The third-order valence-electron chi connectivity index (χ3n) is 2.65. The van der Waals surface area contributed by atoms with Crippen LogP contribution in [0.25, 0.3) is 0 Å². The Balaban J connectivity index is 2.67. The summed E-state index contributed by atoms with van der Waals surface area (Å²) >= 11 is 0. The number of ether oxygens (including phenoxy) is 1. The van der Waals surface area contributed by atoms with Crippen LogP contribution in [0.5, 0.6) is 5.75 Å². The highest BCUT2D eigenvalue weighted by Crippen LogP contribution is 2.26. The van der Waals surface area contributed by atoms with Gasteiger partial charge in [0.15, 0.2) is 0 Å². The van der Waals surface area contributed by atoms with Crippen molar-refractivity contribution in [3.05, 3.63) is 29.8 Å². The van der Waals surface area contributed by atoms with Crippen LogP contribution in [0.2, 0.25) is 0 Å². The van der Waals surface area contributed by atoms with Gasteiger partial charge in [0.1, 0.15) is 5.75 Å². The fourth-order valence-corrected chi connectivity index (χ4v) is 1.71. The van der Waals surface area contributed by atoms with Gasteiger partial charge in [-0.15, -0.1) is 0 Å². The number of para-hydroxylation sites is 1. The molecule has 1 rings (SSSR count). The maximum Gasteiger partial charge on any atom is 0.387 e. The summed E-state index contributed by atoms with van der Waals surface area (Å²) in [6, 6.07) is 6.21. The lowest BCUT2D eigenvalue weighted by Gasteiger charge is -2.18. The zero-order valence-corrected chi connectivity index (χ0v) is 11.8. The maximum atomic E-state index is 12.3. The minimum absolute atomic E-state index is 0.0760. The quantitative estimate of drug-likeness (QED) is 0.809. The molecule has 0 aliphatic carbocycles. The number of carbonyl (C=O) groups is 1. The number of nitrogens with one attached hydrogen (secondary N) is 2. The van der Waals surface area contributed by atoms with Gasteiger partial charge in [0.2, 0.25) is 5.91 Å². The molecule has 0 aliphatic rings. The summed E-state index contributed by atoms with van der Waals surface area (Å²) in [5.41, 5.74) is 0.519. The summed E-state index contributed by atoms with van der Waals surface area (Å²) < 4.78 is 29.1. The number of halogens is 2. The molecule has 0 spiro atoms. The Morgan fingerprint density at radius 1 is 1.25 bits per heavy atom. The minimum Gasteiger partial charge on any atom is -0.434 e. The average molecular weight is 286 g/mol. The molecule has 1 atom stereocenters. The molecule has 20 heavy (non-hydrogen) atoms. The van der Waals surface area contributed by atoms with Gasteiger partial charge in [-0.05, 0) is 13.0 Å². The largest absolute Gasteiger partial charge is 0.434 e. The fraction of sp³-hybridized carbons (Fsp3) is 0.500. The Bertz CT molecular complexity index is 439. The van der Waals surface area contributed by atoms with Crippen molar-refractivity contribution in [1.82, 2.24) is 10.6 Å². The van der Waals surface area contributed by atoms with E-state index in [-0.39, 0.29) is 24.2 Å². The van der Waals surface area contributed by atoms with Crippen LogP contribution < -0.4 is 15.4 Å². The SMILES string of the molecule is CC(C)NCC(=O)NC(C)c1ccccc1OC(F)F. The smallest absolute Gasteiger partial charge is 0.387 e. The van der Waals surface area contributed by atoms with Crippen LogP contribution in [-0.4, -0.2) is 25.1 Å². The molecular weight excluding hydrogens is 266 g/mol. The van der Waals surface area contributed by atoms with Gasteiger partial charge in [0.25, 0.3) is 0 Å². The topological polar surface area (TPSA) is 50.4 Å². The minimum atomic E-state index is -2.89. The zero-order chi connectivity index (χ0) is 15.1. The predicted molar refractivity (Wildman–Crippen MR) is 72.8 cm³/mol. The van der Waals surface area contributed by atoms with Crippen LogP contribution in [0.15, 0.2) is 24.3 Å². The van der Waals surface area contributed by atoms with Crippen LogP contribution in [0.4, 0.5) is 8.78 Å². The molecule has 0 saturated heterocycles. The van der Waals surface area contributed by atoms with E-state index < -0.39 is 12.7 Å². The molecule has 0 aliphatic heterocycles. The Morgan fingerprint density at radius 2 is 1.90 bits per heavy atom. The molecule has 4 nitrogen and oxygen atoms in total.